The second kappa shape index (κ2) is 6.60. The number of methoxy groups -OCH3 is 1. The van der Waals surface area contributed by atoms with Crippen LogP contribution < -0.4 is 4.74 Å². The first-order valence-corrected chi connectivity index (χ1v) is 7.97. The number of ether oxygens (including phenoxy) is 1. The van der Waals surface area contributed by atoms with Crippen LogP contribution in [0.15, 0.2) is 30.5 Å². The first-order valence-electron chi connectivity index (χ1n) is 7.97. The van der Waals surface area contributed by atoms with Crippen LogP contribution in [0.25, 0.3) is 11.3 Å². The van der Waals surface area contributed by atoms with E-state index >= 15 is 0 Å². The maximum Gasteiger partial charge on any atom is 0.406 e. The molecule has 0 bridgehead atoms. The fourth-order valence-corrected chi connectivity index (χ4v) is 3.11. The maximum absolute atomic E-state index is 13.3. The number of carboxylic acid groups (broad SMARTS) is 1. The van der Waals surface area contributed by atoms with Gasteiger partial charge in [0.15, 0.2) is 5.41 Å². The van der Waals surface area contributed by atoms with Crippen LogP contribution in [0.3, 0.4) is 0 Å². The summed E-state index contributed by atoms with van der Waals surface area (Å²) in [6.07, 6.45) is -4.42. The van der Waals surface area contributed by atoms with Gasteiger partial charge in [-0.3, -0.25) is 14.7 Å². The minimum absolute atomic E-state index is 0.0727. The van der Waals surface area contributed by atoms with Gasteiger partial charge in [0.1, 0.15) is 5.75 Å². The number of halogens is 3. The second-order valence-electron chi connectivity index (χ2n) is 6.25. The van der Waals surface area contributed by atoms with E-state index in [9.17, 15) is 22.8 Å². The summed E-state index contributed by atoms with van der Waals surface area (Å²) in [5, 5.41) is 15.6. The summed E-state index contributed by atoms with van der Waals surface area (Å²) in [6.45, 7) is -1.24. The smallest absolute Gasteiger partial charge is 0.406 e. The molecule has 2 heterocycles. The molecule has 1 saturated heterocycles. The van der Waals surface area contributed by atoms with Gasteiger partial charge >= 0.3 is 12.1 Å². The molecule has 1 aliphatic heterocycles. The van der Waals surface area contributed by atoms with Gasteiger partial charge in [0.2, 0.25) is 0 Å². The van der Waals surface area contributed by atoms with Crippen molar-refractivity contribution in [2.24, 2.45) is 5.41 Å². The zero-order valence-electron chi connectivity index (χ0n) is 14.2. The normalized spacial score (nSPS) is 19.9. The van der Waals surface area contributed by atoms with Crippen LogP contribution in [0.1, 0.15) is 16.8 Å². The number of likely N-dealkylation sites (tertiary alicyclic amines) is 1. The van der Waals surface area contributed by atoms with E-state index in [0.717, 1.165) is 4.90 Å². The van der Waals surface area contributed by atoms with Crippen LogP contribution in [-0.4, -0.2) is 58.5 Å². The highest BCUT2D eigenvalue weighted by Crippen LogP contribution is 2.46. The van der Waals surface area contributed by atoms with Crippen molar-refractivity contribution in [3.05, 3.63) is 36.0 Å². The molecule has 1 aromatic heterocycles. The number of aromatic nitrogens is 2. The van der Waals surface area contributed by atoms with Gasteiger partial charge in [0.25, 0.3) is 5.91 Å². The highest BCUT2D eigenvalue weighted by atomic mass is 19.4. The molecule has 2 N–H and O–H groups in total. The lowest BCUT2D eigenvalue weighted by molar-refractivity contribution is -0.227. The van der Waals surface area contributed by atoms with E-state index in [-0.39, 0.29) is 12.1 Å². The number of benzene rings is 1. The number of hydrogen-bond donors (Lipinski definition) is 2. The van der Waals surface area contributed by atoms with Crippen LogP contribution in [0.5, 0.6) is 5.75 Å². The number of hydrogen-bond acceptors (Lipinski definition) is 4. The number of H-pyrrole nitrogens is 1. The van der Waals surface area contributed by atoms with Gasteiger partial charge < -0.3 is 14.7 Å². The highest BCUT2D eigenvalue weighted by Gasteiger charge is 2.64. The number of carbonyl (C=O) groups excluding carboxylic acids is 1. The largest absolute Gasteiger partial charge is 0.497 e. The molecule has 1 unspecified atom stereocenters. The number of amides is 1. The van der Waals surface area contributed by atoms with Crippen LogP contribution in [0, 0.1) is 5.41 Å². The molecule has 1 amide bonds. The number of nitrogens with one attached hydrogen (secondary N) is 1. The topological polar surface area (TPSA) is 95.5 Å². The van der Waals surface area contributed by atoms with E-state index in [1.807, 2.05) is 0 Å². The average molecular weight is 383 g/mol. The molecule has 7 nitrogen and oxygen atoms in total. The molecule has 0 radical (unpaired) electrons. The van der Waals surface area contributed by atoms with Crippen molar-refractivity contribution < 1.29 is 32.6 Å². The molecular formula is C17H16F3N3O4. The van der Waals surface area contributed by atoms with Crippen LogP contribution in [0.4, 0.5) is 13.2 Å². The lowest BCUT2D eigenvalue weighted by atomic mass is 9.86. The summed E-state index contributed by atoms with van der Waals surface area (Å²) in [6, 6.07) is 6.67. The van der Waals surface area contributed by atoms with Crippen molar-refractivity contribution in [1.82, 2.24) is 15.1 Å². The third kappa shape index (κ3) is 3.11. The predicted molar refractivity (Wildman–Crippen MR) is 87.2 cm³/mol. The number of aliphatic carboxylic acids is 1. The van der Waals surface area contributed by atoms with Gasteiger partial charge in [-0.25, -0.2) is 0 Å². The summed E-state index contributed by atoms with van der Waals surface area (Å²) in [7, 11) is 1.50. The summed E-state index contributed by atoms with van der Waals surface area (Å²) in [4.78, 5) is 24.9. The Labute approximate surface area is 151 Å². The molecule has 0 spiro atoms. The Morgan fingerprint density at radius 2 is 1.96 bits per heavy atom. The third-order valence-corrected chi connectivity index (χ3v) is 4.76. The Kier molecular flexibility index (Phi) is 4.58. The molecule has 1 fully saturated rings. The van der Waals surface area contributed by atoms with Crippen molar-refractivity contribution in [2.45, 2.75) is 12.6 Å². The molecule has 1 aromatic carbocycles. The van der Waals surface area contributed by atoms with Crippen LogP contribution in [-0.2, 0) is 4.79 Å². The molecule has 27 heavy (non-hydrogen) atoms. The van der Waals surface area contributed by atoms with E-state index in [0.29, 0.717) is 17.0 Å². The quantitative estimate of drug-likeness (QED) is 0.846. The molecule has 10 heteroatoms. The third-order valence-electron chi connectivity index (χ3n) is 4.76. The number of rotatable bonds is 4. The molecule has 144 valence electrons. The number of alkyl halides is 3. The van der Waals surface area contributed by atoms with Gasteiger partial charge in [-0.2, -0.15) is 18.3 Å². The molecular weight excluding hydrogens is 367 g/mol. The van der Waals surface area contributed by atoms with E-state index in [1.54, 1.807) is 24.3 Å². The van der Waals surface area contributed by atoms with E-state index in [1.165, 1.54) is 13.3 Å². The molecule has 0 saturated carbocycles. The number of carbonyl (C=O) groups is 2. The Bertz CT molecular complexity index is 863. The average Bonchev–Trinajstić information content (AvgIpc) is 3.28. The number of carboxylic acids is 1. The summed E-state index contributed by atoms with van der Waals surface area (Å²) in [5.41, 5.74) is -1.95. The zero-order valence-corrected chi connectivity index (χ0v) is 14.2. The van der Waals surface area contributed by atoms with E-state index in [4.69, 9.17) is 9.84 Å². The second-order valence-corrected chi connectivity index (χ2v) is 6.25. The zero-order chi connectivity index (χ0) is 19.8. The highest BCUT2D eigenvalue weighted by molar-refractivity contribution is 6.00. The Balaban J connectivity index is 1.88. The van der Waals surface area contributed by atoms with Crippen molar-refractivity contribution in [3.63, 3.8) is 0 Å². The van der Waals surface area contributed by atoms with Gasteiger partial charge in [0.05, 0.1) is 24.6 Å². The molecule has 0 aliphatic carbocycles. The standard InChI is InChI=1S/C17H16F3N3O4/c1-27-11-4-2-10(3-5-11)13-12(8-21-22-13)14(24)23-7-6-16(9-23,15(25)26)17(18,19)20/h2-5,8H,6-7,9H2,1H3,(H,21,22)(H,25,26). The molecule has 1 aliphatic rings. The molecule has 2 aromatic rings. The first-order chi connectivity index (χ1) is 12.7. The summed E-state index contributed by atoms with van der Waals surface area (Å²) < 4.78 is 45.0. The SMILES string of the molecule is COc1ccc(-c2[nH]ncc2C(=O)N2CCC(C(=O)O)(C(F)(F)F)C2)cc1. The molecule has 3 rings (SSSR count). The fourth-order valence-electron chi connectivity index (χ4n) is 3.11. The van der Waals surface area contributed by atoms with Gasteiger partial charge in [0, 0.05) is 18.7 Å². The number of aromatic amines is 1. The van der Waals surface area contributed by atoms with Crippen molar-refractivity contribution >= 4 is 11.9 Å². The van der Waals surface area contributed by atoms with Crippen molar-refractivity contribution in [2.75, 3.05) is 20.2 Å². The van der Waals surface area contributed by atoms with Crippen molar-refractivity contribution in [1.29, 1.82) is 0 Å². The van der Waals surface area contributed by atoms with E-state index in [2.05, 4.69) is 10.2 Å². The van der Waals surface area contributed by atoms with Crippen LogP contribution >= 0.6 is 0 Å². The monoisotopic (exact) mass is 383 g/mol. The summed E-state index contributed by atoms with van der Waals surface area (Å²) >= 11 is 0. The maximum atomic E-state index is 13.3. The minimum atomic E-state index is -4.96. The van der Waals surface area contributed by atoms with Crippen molar-refractivity contribution in [3.8, 4) is 17.0 Å². The lowest BCUT2D eigenvalue weighted by Gasteiger charge is -2.27. The number of nitrogens with zero attached hydrogens (tertiary/aromatic N) is 2. The Morgan fingerprint density at radius 1 is 1.30 bits per heavy atom. The van der Waals surface area contributed by atoms with Gasteiger partial charge in [-0.1, -0.05) is 0 Å². The van der Waals surface area contributed by atoms with E-state index < -0.39 is 36.4 Å². The Hall–Kier alpha value is -3.04. The predicted octanol–water partition coefficient (Wildman–Crippen LogP) is 2.56. The minimum Gasteiger partial charge on any atom is -0.497 e. The lowest BCUT2D eigenvalue weighted by Crippen LogP contribution is -2.47. The van der Waals surface area contributed by atoms with Crippen LogP contribution in [0.2, 0.25) is 0 Å². The molecule has 1 atom stereocenters. The van der Waals surface area contributed by atoms with Gasteiger partial charge in [-0.05, 0) is 30.7 Å². The first kappa shape index (κ1) is 18.7. The Morgan fingerprint density at radius 3 is 2.48 bits per heavy atom. The fraction of sp³-hybridized carbons (Fsp3) is 0.353. The summed E-state index contributed by atoms with van der Waals surface area (Å²) in [5.74, 6) is -2.09. The van der Waals surface area contributed by atoms with Gasteiger partial charge in [-0.15, -0.1) is 0 Å².